The molecule has 0 amide bonds. The zero-order valence-corrected chi connectivity index (χ0v) is 10.4. The van der Waals surface area contributed by atoms with E-state index in [0.29, 0.717) is 5.13 Å². The Balaban J connectivity index is 2.24. The van der Waals surface area contributed by atoms with Crippen LogP contribution in [0.3, 0.4) is 0 Å². The van der Waals surface area contributed by atoms with Crippen LogP contribution in [0.5, 0.6) is 0 Å². The fourth-order valence-corrected chi connectivity index (χ4v) is 2.79. The van der Waals surface area contributed by atoms with Crippen molar-refractivity contribution < 1.29 is 0 Å². The van der Waals surface area contributed by atoms with Gasteiger partial charge in [-0.1, -0.05) is 17.4 Å². The van der Waals surface area contributed by atoms with Crippen molar-refractivity contribution in [3.05, 3.63) is 29.6 Å². The SMILES string of the molecule is Cc1n[nH]c(C)c1-c1ccc2sc(N)nc2c1. The van der Waals surface area contributed by atoms with Crippen LogP contribution in [0.2, 0.25) is 0 Å². The molecule has 17 heavy (non-hydrogen) atoms. The summed E-state index contributed by atoms with van der Waals surface area (Å²) >= 11 is 1.51. The molecular formula is C12H12N4S. The summed E-state index contributed by atoms with van der Waals surface area (Å²) in [4.78, 5) is 4.31. The van der Waals surface area contributed by atoms with E-state index in [1.807, 2.05) is 13.8 Å². The molecule has 2 aromatic heterocycles. The van der Waals surface area contributed by atoms with Gasteiger partial charge in [0.15, 0.2) is 5.13 Å². The topological polar surface area (TPSA) is 67.6 Å². The van der Waals surface area contributed by atoms with Gasteiger partial charge in [-0.05, 0) is 31.5 Å². The summed E-state index contributed by atoms with van der Waals surface area (Å²) in [6, 6.07) is 6.21. The van der Waals surface area contributed by atoms with Gasteiger partial charge in [-0.15, -0.1) is 0 Å². The molecule has 0 radical (unpaired) electrons. The highest BCUT2D eigenvalue weighted by Crippen LogP contribution is 2.31. The van der Waals surface area contributed by atoms with Gasteiger partial charge in [0, 0.05) is 11.3 Å². The summed E-state index contributed by atoms with van der Waals surface area (Å²) in [6.45, 7) is 4.02. The molecule has 0 unspecified atom stereocenters. The molecule has 0 fully saturated rings. The van der Waals surface area contributed by atoms with Crippen LogP contribution in [0.1, 0.15) is 11.4 Å². The van der Waals surface area contributed by atoms with Crippen molar-refractivity contribution in [3.63, 3.8) is 0 Å². The maximum atomic E-state index is 5.71. The first-order valence-electron chi connectivity index (χ1n) is 5.33. The van der Waals surface area contributed by atoms with Crippen molar-refractivity contribution in [2.45, 2.75) is 13.8 Å². The Morgan fingerprint density at radius 2 is 2.12 bits per heavy atom. The number of nitrogens with two attached hydrogens (primary N) is 1. The number of nitrogens with one attached hydrogen (secondary N) is 1. The maximum Gasteiger partial charge on any atom is 0.181 e. The van der Waals surface area contributed by atoms with E-state index in [1.165, 1.54) is 11.3 Å². The van der Waals surface area contributed by atoms with E-state index in [-0.39, 0.29) is 0 Å². The first-order valence-corrected chi connectivity index (χ1v) is 6.15. The molecule has 86 valence electrons. The van der Waals surface area contributed by atoms with E-state index in [9.17, 15) is 0 Å². The minimum absolute atomic E-state index is 0.609. The van der Waals surface area contributed by atoms with Crippen molar-refractivity contribution in [3.8, 4) is 11.1 Å². The quantitative estimate of drug-likeness (QED) is 0.691. The minimum Gasteiger partial charge on any atom is -0.375 e. The van der Waals surface area contributed by atoms with E-state index < -0.39 is 0 Å². The van der Waals surface area contributed by atoms with Crippen molar-refractivity contribution in [2.75, 3.05) is 5.73 Å². The summed E-state index contributed by atoms with van der Waals surface area (Å²) in [5.74, 6) is 0. The van der Waals surface area contributed by atoms with Gasteiger partial charge in [0.2, 0.25) is 0 Å². The lowest BCUT2D eigenvalue weighted by atomic mass is 10.0. The van der Waals surface area contributed by atoms with Crippen molar-refractivity contribution in [1.82, 2.24) is 15.2 Å². The van der Waals surface area contributed by atoms with Gasteiger partial charge >= 0.3 is 0 Å². The lowest BCUT2D eigenvalue weighted by Gasteiger charge is -2.01. The van der Waals surface area contributed by atoms with Gasteiger partial charge in [0.05, 0.1) is 15.9 Å². The number of fused-ring (bicyclic) bond motifs is 1. The van der Waals surface area contributed by atoms with Crippen LogP contribution in [-0.2, 0) is 0 Å². The number of aromatic nitrogens is 3. The molecule has 0 bridgehead atoms. The summed E-state index contributed by atoms with van der Waals surface area (Å²) < 4.78 is 1.12. The number of aryl methyl sites for hydroxylation is 2. The number of H-pyrrole nitrogens is 1. The summed E-state index contributed by atoms with van der Waals surface area (Å²) in [6.07, 6.45) is 0. The summed E-state index contributed by atoms with van der Waals surface area (Å²) in [7, 11) is 0. The van der Waals surface area contributed by atoms with Crippen molar-refractivity contribution >= 4 is 26.7 Å². The molecule has 0 spiro atoms. The molecule has 2 heterocycles. The number of nitrogen functional groups attached to an aromatic ring is 1. The number of benzene rings is 1. The van der Waals surface area contributed by atoms with Crippen LogP contribution >= 0.6 is 11.3 Å². The number of nitrogens with zero attached hydrogens (tertiary/aromatic N) is 2. The van der Waals surface area contributed by atoms with Gasteiger partial charge in [-0.2, -0.15) is 5.10 Å². The molecule has 0 atom stereocenters. The van der Waals surface area contributed by atoms with Crippen LogP contribution in [0.4, 0.5) is 5.13 Å². The Labute approximate surface area is 102 Å². The molecule has 3 rings (SSSR count). The minimum atomic E-state index is 0.609. The lowest BCUT2D eigenvalue weighted by molar-refractivity contribution is 1.02. The fraction of sp³-hybridized carbons (Fsp3) is 0.167. The number of aromatic amines is 1. The monoisotopic (exact) mass is 244 g/mol. The molecule has 0 aliphatic rings. The van der Waals surface area contributed by atoms with Crippen LogP contribution in [0, 0.1) is 13.8 Å². The number of rotatable bonds is 1. The third-order valence-corrected chi connectivity index (χ3v) is 3.69. The Kier molecular flexibility index (Phi) is 2.16. The first-order chi connectivity index (χ1) is 8.15. The van der Waals surface area contributed by atoms with Crippen LogP contribution in [0.25, 0.3) is 21.3 Å². The molecule has 0 aliphatic heterocycles. The molecule has 1 aromatic carbocycles. The number of hydrogen-bond acceptors (Lipinski definition) is 4. The predicted octanol–water partition coefficient (Wildman–Crippen LogP) is 2.89. The number of hydrogen-bond donors (Lipinski definition) is 2. The highest BCUT2D eigenvalue weighted by atomic mass is 32.1. The molecule has 0 saturated carbocycles. The van der Waals surface area contributed by atoms with E-state index in [4.69, 9.17) is 5.73 Å². The average Bonchev–Trinajstić information content (AvgIpc) is 2.80. The highest BCUT2D eigenvalue weighted by molar-refractivity contribution is 7.22. The van der Waals surface area contributed by atoms with Gasteiger partial charge in [-0.3, -0.25) is 5.10 Å². The van der Waals surface area contributed by atoms with Crippen molar-refractivity contribution in [2.24, 2.45) is 0 Å². The fourth-order valence-electron chi connectivity index (χ4n) is 2.08. The largest absolute Gasteiger partial charge is 0.375 e. The second-order valence-electron chi connectivity index (χ2n) is 4.04. The molecule has 5 heteroatoms. The molecule has 3 N–H and O–H groups in total. The molecule has 0 aliphatic carbocycles. The second-order valence-corrected chi connectivity index (χ2v) is 5.11. The zero-order valence-electron chi connectivity index (χ0n) is 9.61. The standard InChI is InChI=1S/C12H12N4S/c1-6-11(7(2)16-15-6)8-3-4-10-9(5-8)14-12(13)17-10/h3-5H,1-2H3,(H2,13,14)(H,15,16). The maximum absolute atomic E-state index is 5.71. The van der Waals surface area contributed by atoms with E-state index in [2.05, 4.69) is 33.4 Å². The predicted molar refractivity (Wildman–Crippen MR) is 71.1 cm³/mol. The molecule has 3 aromatic rings. The molecular weight excluding hydrogens is 232 g/mol. The Morgan fingerprint density at radius 3 is 2.82 bits per heavy atom. The van der Waals surface area contributed by atoms with Gasteiger partial charge in [0.1, 0.15) is 0 Å². The Morgan fingerprint density at radius 1 is 1.29 bits per heavy atom. The van der Waals surface area contributed by atoms with Crippen LogP contribution in [-0.4, -0.2) is 15.2 Å². The van der Waals surface area contributed by atoms with Crippen LogP contribution < -0.4 is 5.73 Å². The highest BCUT2D eigenvalue weighted by Gasteiger charge is 2.10. The Bertz CT molecular complexity index is 676. The van der Waals surface area contributed by atoms with Crippen molar-refractivity contribution in [1.29, 1.82) is 0 Å². The summed E-state index contributed by atoms with van der Waals surface area (Å²) in [5.41, 5.74) is 11.0. The number of thiazole rings is 1. The Hall–Kier alpha value is -1.88. The van der Waals surface area contributed by atoms with Gasteiger partial charge < -0.3 is 5.73 Å². The van der Waals surface area contributed by atoms with Gasteiger partial charge in [0.25, 0.3) is 0 Å². The molecule has 4 nitrogen and oxygen atoms in total. The van der Waals surface area contributed by atoms with E-state index in [1.54, 1.807) is 0 Å². The third kappa shape index (κ3) is 1.59. The average molecular weight is 244 g/mol. The first kappa shape index (κ1) is 10.3. The lowest BCUT2D eigenvalue weighted by Crippen LogP contribution is -1.83. The van der Waals surface area contributed by atoms with E-state index in [0.717, 1.165) is 32.7 Å². The van der Waals surface area contributed by atoms with E-state index >= 15 is 0 Å². The summed E-state index contributed by atoms with van der Waals surface area (Å²) in [5, 5.41) is 7.82. The normalized spacial score (nSPS) is 11.2. The third-order valence-electron chi connectivity index (χ3n) is 2.82. The number of anilines is 1. The smallest absolute Gasteiger partial charge is 0.181 e. The van der Waals surface area contributed by atoms with Crippen LogP contribution in [0.15, 0.2) is 18.2 Å². The van der Waals surface area contributed by atoms with Gasteiger partial charge in [-0.25, -0.2) is 4.98 Å². The second kappa shape index (κ2) is 3.56. The molecule has 0 saturated heterocycles. The zero-order chi connectivity index (χ0) is 12.0.